The lowest BCUT2D eigenvalue weighted by molar-refractivity contribution is -0.142. The maximum atomic E-state index is 14.5. The van der Waals surface area contributed by atoms with Crippen LogP contribution in [0.25, 0.3) is 10.9 Å². The number of carbonyl (C=O) groups is 2. The summed E-state index contributed by atoms with van der Waals surface area (Å²) < 4.78 is 31.2. The topological polar surface area (TPSA) is 135 Å². The van der Waals surface area contributed by atoms with Gasteiger partial charge in [-0.1, -0.05) is 11.6 Å². The molecule has 3 aromatic rings. The van der Waals surface area contributed by atoms with Crippen LogP contribution in [0, 0.1) is 5.82 Å². The maximum absolute atomic E-state index is 14.5. The molecule has 13 heteroatoms. The molecule has 2 aromatic carbocycles. The van der Waals surface area contributed by atoms with Gasteiger partial charge < -0.3 is 30.0 Å². The molecule has 4 rings (SSSR count). The maximum Gasteiger partial charge on any atom is 0.407 e. The van der Waals surface area contributed by atoms with Gasteiger partial charge in [0.15, 0.2) is 11.5 Å². The van der Waals surface area contributed by atoms with Crippen molar-refractivity contribution >= 4 is 46.1 Å². The van der Waals surface area contributed by atoms with Crippen LogP contribution in [0.4, 0.5) is 20.7 Å². The molecule has 226 valence electrons. The largest absolute Gasteiger partial charge is 0.493 e. The van der Waals surface area contributed by atoms with E-state index in [4.69, 9.17) is 25.8 Å². The van der Waals surface area contributed by atoms with Gasteiger partial charge in [0.05, 0.1) is 24.3 Å². The average molecular weight is 604 g/mol. The molecule has 42 heavy (non-hydrogen) atoms. The highest BCUT2D eigenvalue weighted by molar-refractivity contribution is 6.31. The van der Waals surface area contributed by atoms with E-state index in [1.807, 2.05) is 4.90 Å². The third-order valence-corrected chi connectivity index (χ3v) is 6.88. The van der Waals surface area contributed by atoms with Gasteiger partial charge in [-0.3, -0.25) is 9.69 Å². The van der Waals surface area contributed by atoms with Gasteiger partial charge in [0.2, 0.25) is 0 Å². The van der Waals surface area contributed by atoms with Gasteiger partial charge in [-0.05, 0) is 70.3 Å². The smallest absolute Gasteiger partial charge is 0.407 e. The lowest BCUT2D eigenvalue weighted by atomic mass is 10.1. The van der Waals surface area contributed by atoms with Crippen LogP contribution in [-0.4, -0.2) is 70.5 Å². The first-order chi connectivity index (χ1) is 19.9. The summed E-state index contributed by atoms with van der Waals surface area (Å²) in [6.45, 7) is 6.83. The highest BCUT2D eigenvalue weighted by atomic mass is 35.5. The number of alkyl carbamates (subject to hydrolysis) is 1. The molecule has 11 nitrogen and oxygen atoms in total. The van der Waals surface area contributed by atoms with Crippen molar-refractivity contribution in [3.63, 3.8) is 0 Å². The molecule has 2 heterocycles. The lowest BCUT2D eigenvalue weighted by Gasteiger charge is -2.23. The van der Waals surface area contributed by atoms with Crippen molar-refractivity contribution in [3.8, 4) is 11.5 Å². The minimum atomic E-state index is -0.902. The molecule has 1 aliphatic heterocycles. The molecule has 0 aliphatic carbocycles. The SMILES string of the molecule is COc1cc2ncnc(Nc3cc(Cl)c(F)cc3CN3CCC[C@H]3C(=O)O)c2cc1OCCCNC(=O)OC(C)(C)C. The van der Waals surface area contributed by atoms with Crippen LogP contribution in [0.5, 0.6) is 11.5 Å². The predicted octanol–water partition coefficient (Wildman–Crippen LogP) is 5.52. The fourth-order valence-electron chi connectivity index (χ4n) is 4.67. The van der Waals surface area contributed by atoms with E-state index in [0.717, 1.165) is 6.42 Å². The number of carboxylic acid groups (broad SMARTS) is 1. The van der Waals surface area contributed by atoms with Crippen LogP contribution in [0.1, 0.15) is 45.6 Å². The molecule has 0 bridgehead atoms. The first kappa shape index (κ1) is 31.0. The third-order valence-electron chi connectivity index (χ3n) is 6.59. The molecule has 1 aromatic heterocycles. The summed E-state index contributed by atoms with van der Waals surface area (Å²) in [6.07, 6.45) is 2.68. The molecular formula is C29H35ClFN5O6. The Balaban J connectivity index is 1.54. The summed E-state index contributed by atoms with van der Waals surface area (Å²) >= 11 is 6.14. The summed E-state index contributed by atoms with van der Waals surface area (Å²) in [5, 5.41) is 16.1. The van der Waals surface area contributed by atoms with Crippen molar-refractivity contribution in [2.45, 2.75) is 58.2 Å². The van der Waals surface area contributed by atoms with Crippen LogP contribution < -0.4 is 20.1 Å². The Morgan fingerprint density at radius 2 is 1.98 bits per heavy atom. The highest BCUT2D eigenvalue weighted by Gasteiger charge is 2.31. The predicted molar refractivity (Wildman–Crippen MR) is 156 cm³/mol. The number of benzene rings is 2. The number of carbonyl (C=O) groups excluding carboxylic acids is 1. The number of methoxy groups -OCH3 is 1. The number of hydrogen-bond donors (Lipinski definition) is 3. The van der Waals surface area contributed by atoms with Crippen molar-refractivity contribution in [1.29, 1.82) is 0 Å². The second-order valence-corrected chi connectivity index (χ2v) is 11.3. The number of fused-ring (bicyclic) bond motifs is 1. The van der Waals surface area contributed by atoms with E-state index in [9.17, 15) is 19.1 Å². The number of rotatable bonds is 11. The van der Waals surface area contributed by atoms with Gasteiger partial charge in [0, 0.05) is 30.2 Å². The van der Waals surface area contributed by atoms with Crippen LogP contribution in [0.3, 0.4) is 0 Å². The van der Waals surface area contributed by atoms with Crippen LogP contribution in [0.15, 0.2) is 30.6 Å². The summed E-state index contributed by atoms with van der Waals surface area (Å²) in [7, 11) is 1.52. The molecule has 1 aliphatic rings. The second kappa shape index (κ2) is 13.4. The molecule has 1 atom stereocenters. The number of carboxylic acids is 1. The summed E-state index contributed by atoms with van der Waals surface area (Å²) in [5.74, 6) is -0.178. The number of hydrogen-bond acceptors (Lipinski definition) is 9. The van der Waals surface area contributed by atoms with Gasteiger partial charge in [0.1, 0.15) is 29.6 Å². The van der Waals surface area contributed by atoms with E-state index in [0.29, 0.717) is 65.4 Å². The van der Waals surface area contributed by atoms with Gasteiger partial charge >= 0.3 is 12.1 Å². The Labute approximate surface area is 248 Å². The summed E-state index contributed by atoms with van der Waals surface area (Å²) in [6, 6.07) is 5.60. The fraction of sp³-hybridized carbons (Fsp3) is 0.448. The minimum Gasteiger partial charge on any atom is -0.493 e. The number of nitrogens with zero attached hydrogens (tertiary/aromatic N) is 3. The van der Waals surface area contributed by atoms with Gasteiger partial charge in [-0.15, -0.1) is 0 Å². The Morgan fingerprint density at radius 3 is 2.69 bits per heavy atom. The van der Waals surface area contributed by atoms with Crippen LogP contribution in [-0.2, 0) is 16.1 Å². The number of aliphatic carboxylic acids is 1. The minimum absolute atomic E-state index is 0.0819. The van der Waals surface area contributed by atoms with Gasteiger partial charge in [-0.25, -0.2) is 19.2 Å². The first-order valence-corrected chi connectivity index (χ1v) is 14.0. The second-order valence-electron chi connectivity index (χ2n) is 10.9. The number of ether oxygens (including phenoxy) is 3. The molecule has 0 unspecified atom stereocenters. The standard InChI is InChI=1S/C29H35ClFN5O6/c1-29(2,3)42-28(39)32-8-6-10-41-25-12-18-22(14-24(25)40-4)33-16-34-26(18)35-21-13-19(30)20(31)11-17(21)15-36-9-5-7-23(36)27(37)38/h11-14,16,23H,5-10,15H2,1-4H3,(H,32,39)(H,37,38)(H,33,34,35)/t23-/m0/s1. The third kappa shape index (κ3) is 7.89. The molecule has 0 saturated carbocycles. The molecule has 0 spiro atoms. The Kier molecular flexibility index (Phi) is 9.89. The zero-order valence-electron chi connectivity index (χ0n) is 24.0. The van der Waals surface area contributed by atoms with Gasteiger partial charge in [-0.2, -0.15) is 0 Å². The zero-order valence-corrected chi connectivity index (χ0v) is 24.8. The summed E-state index contributed by atoms with van der Waals surface area (Å²) in [4.78, 5) is 34.1. The molecular weight excluding hydrogens is 569 g/mol. The number of halogens is 2. The quantitative estimate of drug-likeness (QED) is 0.240. The van der Waals surface area contributed by atoms with E-state index in [-0.39, 0.29) is 18.2 Å². The van der Waals surface area contributed by atoms with E-state index < -0.39 is 29.5 Å². The van der Waals surface area contributed by atoms with E-state index in [2.05, 4.69) is 20.6 Å². The average Bonchev–Trinajstić information content (AvgIpc) is 3.38. The first-order valence-electron chi connectivity index (χ1n) is 13.6. The van der Waals surface area contributed by atoms with Crippen molar-refractivity contribution in [2.24, 2.45) is 0 Å². The number of amides is 1. The zero-order chi connectivity index (χ0) is 30.4. The number of likely N-dealkylation sites (tertiary alicyclic amines) is 1. The van der Waals surface area contributed by atoms with Gasteiger partial charge in [0.25, 0.3) is 0 Å². The van der Waals surface area contributed by atoms with Crippen molar-refractivity contribution in [2.75, 3.05) is 32.1 Å². The monoisotopic (exact) mass is 603 g/mol. The summed E-state index contributed by atoms with van der Waals surface area (Å²) in [5.41, 5.74) is 1.02. The molecule has 1 fully saturated rings. The van der Waals surface area contributed by atoms with E-state index >= 15 is 0 Å². The number of aromatic nitrogens is 2. The highest BCUT2D eigenvalue weighted by Crippen LogP contribution is 2.36. The van der Waals surface area contributed by atoms with Crippen molar-refractivity contribution in [3.05, 3.63) is 47.0 Å². The number of nitrogens with one attached hydrogen (secondary N) is 2. The molecule has 3 N–H and O–H groups in total. The molecule has 1 saturated heterocycles. The van der Waals surface area contributed by atoms with Crippen molar-refractivity contribution in [1.82, 2.24) is 20.2 Å². The van der Waals surface area contributed by atoms with E-state index in [1.54, 1.807) is 32.9 Å². The van der Waals surface area contributed by atoms with Crippen LogP contribution >= 0.6 is 11.6 Å². The lowest BCUT2D eigenvalue weighted by Crippen LogP contribution is -2.35. The molecule has 1 amide bonds. The molecule has 0 radical (unpaired) electrons. The Hall–Kier alpha value is -3.90. The van der Waals surface area contributed by atoms with Crippen molar-refractivity contribution < 1.29 is 33.3 Å². The Morgan fingerprint density at radius 1 is 1.19 bits per heavy atom. The van der Waals surface area contributed by atoms with E-state index in [1.165, 1.54) is 25.6 Å². The van der Waals surface area contributed by atoms with Crippen LogP contribution in [0.2, 0.25) is 5.02 Å². The normalized spacial score (nSPS) is 15.4. The fourth-order valence-corrected chi connectivity index (χ4v) is 4.84. The Bertz CT molecular complexity index is 1450. The number of anilines is 2.